The number of nitrogens with zero attached hydrogens (tertiary/aromatic N) is 3. The summed E-state index contributed by atoms with van der Waals surface area (Å²) in [6.07, 6.45) is 8.51. The lowest BCUT2D eigenvalue weighted by atomic mass is 10.0. The molecule has 3 heteroatoms. The fraction of sp³-hybridized carbons (Fsp3) is 0.368. The first-order valence-electron chi connectivity index (χ1n) is 8.08. The van der Waals surface area contributed by atoms with Gasteiger partial charge >= 0.3 is 0 Å². The summed E-state index contributed by atoms with van der Waals surface area (Å²) in [4.78, 5) is 11.3. The van der Waals surface area contributed by atoms with Crippen molar-refractivity contribution in [3.05, 3.63) is 53.3 Å². The van der Waals surface area contributed by atoms with Crippen molar-refractivity contribution in [1.29, 1.82) is 0 Å². The van der Waals surface area contributed by atoms with Gasteiger partial charge in [0.2, 0.25) is 5.95 Å². The minimum Gasteiger partial charge on any atom is -0.341 e. The van der Waals surface area contributed by atoms with Gasteiger partial charge in [-0.3, -0.25) is 0 Å². The maximum atomic E-state index is 4.64. The molecule has 0 aliphatic carbocycles. The van der Waals surface area contributed by atoms with Crippen molar-refractivity contribution in [2.24, 2.45) is 0 Å². The number of aromatic nitrogens is 2. The van der Waals surface area contributed by atoms with Crippen LogP contribution in [0.4, 0.5) is 5.95 Å². The van der Waals surface area contributed by atoms with Gasteiger partial charge in [-0.25, -0.2) is 9.97 Å². The molecule has 1 saturated heterocycles. The molecule has 0 bridgehead atoms. The maximum absolute atomic E-state index is 4.64. The molecule has 0 spiro atoms. The number of anilines is 1. The fourth-order valence-corrected chi connectivity index (χ4v) is 2.70. The predicted molar refractivity (Wildman–Crippen MR) is 92.9 cm³/mol. The van der Waals surface area contributed by atoms with Crippen molar-refractivity contribution in [2.75, 3.05) is 18.0 Å². The Kier molecular flexibility index (Phi) is 4.52. The summed E-state index contributed by atoms with van der Waals surface area (Å²) in [5, 5.41) is 0. The minimum atomic E-state index is 0.572. The monoisotopic (exact) mass is 293 g/mol. The second-order valence-electron chi connectivity index (χ2n) is 6.13. The summed E-state index contributed by atoms with van der Waals surface area (Å²) in [7, 11) is 0. The topological polar surface area (TPSA) is 29.0 Å². The Morgan fingerprint density at radius 1 is 1.00 bits per heavy atom. The lowest BCUT2D eigenvalue weighted by Gasteiger charge is -2.14. The normalized spacial score (nSPS) is 15.1. The van der Waals surface area contributed by atoms with Gasteiger partial charge in [0.25, 0.3) is 0 Å². The van der Waals surface area contributed by atoms with Gasteiger partial charge in [0.15, 0.2) is 0 Å². The molecule has 1 fully saturated rings. The molecule has 0 radical (unpaired) electrons. The molecule has 3 rings (SSSR count). The number of benzene rings is 1. The highest BCUT2D eigenvalue weighted by molar-refractivity contribution is 5.68. The lowest BCUT2D eigenvalue weighted by molar-refractivity contribution is 0.866. The molecule has 0 N–H and O–H groups in total. The van der Waals surface area contributed by atoms with Crippen molar-refractivity contribution in [3.8, 4) is 0 Å². The van der Waals surface area contributed by atoms with Crippen LogP contribution in [0.1, 0.15) is 49.4 Å². The van der Waals surface area contributed by atoms with E-state index in [0.717, 1.165) is 24.7 Å². The Bertz CT molecular complexity index is 638. The highest BCUT2D eigenvalue weighted by Crippen LogP contribution is 2.17. The quantitative estimate of drug-likeness (QED) is 0.838. The first-order chi connectivity index (χ1) is 10.7. The largest absolute Gasteiger partial charge is 0.341 e. The zero-order valence-corrected chi connectivity index (χ0v) is 13.4. The second-order valence-corrected chi connectivity index (χ2v) is 6.13. The van der Waals surface area contributed by atoms with Crippen LogP contribution in [-0.4, -0.2) is 23.1 Å². The molecule has 0 unspecified atom stereocenters. The van der Waals surface area contributed by atoms with Crippen molar-refractivity contribution in [1.82, 2.24) is 9.97 Å². The van der Waals surface area contributed by atoms with Crippen molar-refractivity contribution >= 4 is 18.1 Å². The zero-order chi connectivity index (χ0) is 15.4. The smallest absolute Gasteiger partial charge is 0.225 e. The van der Waals surface area contributed by atoms with Gasteiger partial charge in [0.1, 0.15) is 0 Å². The molecule has 3 nitrogen and oxygen atoms in total. The van der Waals surface area contributed by atoms with E-state index in [1.807, 2.05) is 12.3 Å². The Hall–Kier alpha value is -2.16. The van der Waals surface area contributed by atoms with Crippen LogP contribution in [0.5, 0.6) is 0 Å². The van der Waals surface area contributed by atoms with E-state index in [9.17, 15) is 0 Å². The minimum absolute atomic E-state index is 0.572. The molecule has 114 valence electrons. The molecule has 1 aromatic carbocycles. The molecule has 0 atom stereocenters. The van der Waals surface area contributed by atoms with E-state index >= 15 is 0 Å². The molecule has 22 heavy (non-hydrogen) atoms. The first kappa shape index (κ1) is 14.8. The molecule has 0 amide bonds. The van der Waals surface area contributed by atoms with Crippen LogP contribution in [0, 0.1) is 0 Å². The zero-order valence-electron chi connectivity index (χ0n) is 13.4. The van der Waals surface area contributed by atoms with Gasteiger partial charge in [0, 0.05) is 19.3 Å². The van der Waals surface area contributed by atoms with E-state index < -0.39 is 0 Å². The van der Waals surface area contributed by atoms with Crippen LogP contribution in [0.15, 0.2) is 36.5 Å². The Morgan fingerprint density at radius 2 is 1.73 bits per heavy atom. The number of hydrogen-bond acceptors (Lipinski definition) is 3. The summed E-state index contributed by atoms with van der Waals surface area (Å²) >= 11 is 0. The molecule has 1 aliphatic heterocycles. The molecule has 1 aliphatic rings. The SMILES string of the molecule is CC(C)c1ccc(/C=C/c2ccnc(N3CCCC3)n2)cc1. The first-order valence-corrected chi connectivity index (χ1v) is 8.08. The second kappa shape index (κ2) is 6.73. The van der Waals surface area contributed by atoms with Crippen molar-refractivity contribution in [2.45, 2.75) is 32.6 Å². The predicted octanol–water partition coefficient (Wildman–Crippen LogP) is 4.37. The van der Waals surface area contributed by atoms with Crippen LogP contribution >= 0.6 is 0 Å². The molecule has 0 saturated carbocycles. The molecule has 2 aromatic rings. The molecule has 2 heterocycles. The van der Waals surface area contributed by atoms with Gasteiger partial charge < -0.3 is 4.90 Å². The van der Waals surface area contributed by atoms with Crippen LogP contribution in [-0.2, 0) is 0 Å². The lowest BCUT2D eigenvalue weighted by Crippen LogP contribution is -2.20. The third-order valence-corrected chi connectivity index (χ3v) is 4.10. The Morgan fingerprint density at radius 3 is 2.41 bits per heavy atom. The summed E-state index contributed by atoms with van der Waals surface area (Å²) in [5.74, 6) is 1.43. The van der Waals surface area contributed by atoms with Crippen LogP contribution < -0.4 is 4.90 Å². The number of rotatable bonds is 4. The van der Waals surface area contributed by atoms with Crippen LogP contribution in [0.2, 0.25) is 0 Å². The Labute approximate surface area is 132 Å². The van der Waals surface area contributed by atoms with Gasteiger partial charge in [-0.15, -0.1) is 0 Å². The average molecular weight is 293 g/mol. The van der Waals surface area contributed by atoms with Crippen molar-refractivity contribution < 1.29 is 0 Å². The van der Waals surface area contributed by atoms with Gasteiger partial charge in [0.05, 0.1) is 5.69 Å². The van der Waals surface area contributed by atoms with E-state index in [1.165, 1.54) is 24.0 Å². The third-order valence-electron chi connectivity index (χ3n) is 4.10. The number of hydrogen-bond donors (Lipinski definition) is 0. The van der Waals surface area contributed by atoms with E-state index in [4.69, 9.17) is 0 Å². The molecular formula is C19H23N3. The maximum Gasteiger partial charge on any atom is 0.225 e. The molecule has 1 aromatic heterocycles. The highest BCUT2D eigenvalue weighted by Gasteiger charge is 2.14. The summed E-state index contributed by atoms with van der Waals surface area (Å²) < 4.78 is 0. The van der Waals surface area contributed by atoms with Crippen LogP contribution in [0.25, 0.3) is 12.2 Å². The van der Waals surface area contributed by atoms with E-state index in [2.05, 4.69) is 65.1 Å². The van der Waals surface area contributed by atoms with Gasteiger partial charge in [-0.05, 0) is 42.0 Å². The summed E-state index contributed by atoms with van der Waals surface area (Å²) in [5.41, 5.74) is 3.53. The summed E-state index contributed by atoms with van der Waals surface area (Å²) in [6, 6.07) is 10.7. The van der Waals surface area contributed by atoms with Crippen molar-refractivity contribution in [3.63, 3.8) is 0 Å². The fourth-order valence-electron chi connectivity index (χ4n) is 2.70. The summed E-state index contributed by atoms with van der Waals surface area (Å²) in [6.45, 7) is 6.57. The third kappa shape index (κ3) is 3.53. The van der Waals surface area contributed by atoms with Gasteiger partial charge in [-0.2, -0.15) is 0 Å². The van der Waals surface area contributed by atoms with E-state index in [0.29, 0.717) is 5.92 Å². The van der Waals surface area contributed by atoms with E-state index in [-0.39, 0.29) is 0 Å². The Balaban J connectivity index is 1.73. The van der Waals surface area contributed by atoms with E-state index in [1.54, 1.807) is 0 Å². The average Bonchev–Trinajstić information content (AvgIpc) is 3.08. The van der Waals surface area contributed by atoms with Crippen LogP contribution in [0.3, 0.4) is 0 Å². The van der Waals surface area contributed by atoms with Gasteiger partial charge in [-0.1, -0.05) is 44.2 Å². The standard InChI is InChI=1S/C19H23N3/c1-15(2)17-8-5-16(6-9-17)7-10-18-11-12-20-19(21-18)22-13-3-4-14-22/h5-12,15H,3-4,13-14H2,1-2H3/b10-7+. The highest BCUT2D eigenvalue weighted by atomic mass is 15.3. The molecular weight excluding hydrogens is 270 g/mol.